The van der Waals surface area contributed by atoms with Crippen molar-refractivity contribution in [2.75, 3.05) is 11.9 Å². The Kier molecular flexibility index (Phi) is 7.89. The third kappa shape index (κ3) is 6.56. The van der Waals surface area contributed by atoms with Crippen molar-refractivity contribution in [1.82, 2.24) is 10.3 Å². The highest BCUT2D eigenvalue weighted by molar-refractivity contribution is 7.14. The Morgan fingerprint density at radius 1 is 1.05 bits per heavy atom. The maximum atomic E-state index is 12.7. The minimum absolute atomic E-state index is 0.0132. The molecule has 10 heteroatoms. The summed E-state index contributed by atoms with van der Waals surface area (Å²) >= 11 is 1.43. The number of nitro groups is 1. The number of carbonyl (C=O) groups excluding carboxylic acids is 1. The zero-order valence-electron chi connectivity index (χ0n) is 19.9. The van der Waals surface area contributed by atoms with Gasteiger partial charge in [0.25, 0.3) is 11.6 Å². The van der Waals surface area contributed by atoms with E-state index >= 15 is 0 Å². The zero-order valence-corrected chi connectivity index (χ0v) is 20.7. The Morgan fingerprint density at radius 2 is 1.78 bits per heavy atom. The van der Waals surface area contributed by atoms with Crippen molar-refractivity contribution < 1.29 is 19.6 Å². The summed E-state index contributed by atoms with van der Waals surface area (Å²) in [6, 6.07) is 21.4. The quantitative estimate of drug-likeness (QED) is 0.229. The summed E-state index contributed by atoms with van der Waals surface area (Å²) in [5.74, 6) is -1.55. The summed E-state index contributed by atoms with van der Waals surface area (Å²) in [4.78, 5) is 41.5. The molecule has 0 radical (unpaired) electrons. The van der Waals surface area contributed by atoms with Crippen molar-refractivity contribution in [1.29, 1.82) is 0 Å². The number of nitrogens with one attached hydrogen (secondary N) is 1. The van der Waals surface area contributed by atoms with E-state index in [2.05, 4.69) is 10.3 Å². The van der Waals surface area contributed by atoms with Crippen molar-refractivity contribution in [2.24, 2.45) is 0 Å². The highest BCUT2D eigenvalue weighted by atomic mass is 32.1. The van der Waals surface area contributed by atoms with Crippen molar-refractivity contribution >= 4 is 34.0 Å². The van der Waals surface area contributed by atoms with Gasteiger partial charge < -0.3 is 15.3 Å². The SMILES string of the molecule is CN(Cc1ccc(C(=O)NC(Cc2ccccc2)C(=O)O)cc1)c1nc(-c2cccc([N+](=O)[O-])c2)cs1. The molecule has 1 amide bonds. The average Bonchev–Trinajstić information content (AvgIpc) is 3.40. The molecule has 1 heterocycles. The number of non-ortho nitro benzene ring substituents is 1. The molecule has 1 unspecified atom stereocenters. The fourth-order valence-corrected chi connectivity index (χ4v) is 4.55. The maximum absolute atomic E-state index is 12.7. The lowest BCUT2D eigenvalue weighted by Gasteiger charge is -2.17. The van der Waals surface area contributed by atoms with E-state index in [-0.39, 0.29) is 12.1 Å². The van der Waals surface area contributed by atoms with Crippen LogP contribution in [0.15, 0.2) is 84.2 Å². The zero-order chi connectivity index (χ0) is 26.4. The Hall–Kier alpha value is -4.57. The Labute approximate surface area is 217 Å². The molecular formula is C27H24N4O5S. The molecule has 0 aliphatic carbocycles. The van der Waals surface area contributed by atoms with Crippen LogP contribution in [0.25, 0.3) is 11.3 Å². The first-order valence-corrected chi connectivity index (χ1v) is 12.3. The lowest BCUT2D eigenvalue weighted by atomic mass is 10.1. The monoisotopic (exact) mass is 516 g/mol. The van der Waals surface area contributed by atoms with Gasteiger partial charge in [-0.1, -0.05) is 54.6 Å². The fourth-order valence-electron chi connectivity index (χ4n) is 3.75. The number of carbonyl (C=O) groups is 2. The van der Waals surface area contributed by atoms with Crippen LogP contribution in [0.2, 0.25) is 0 Å². The molecule has 3 aromatic carbocycles. The fraction of sp³-hybridized carbons (Fsp3) is 0.148. The number of thiazole rings is 1. The van der Waals surface area contributed by atoms with Crippen molar-refractivity contribution in [3.05, 3.63) is 111 Å². The van der Waals surface area contributed by atoms with E-state index in [1.54, 1.807) is 24.3 Å². The first kappa shape index (κ1) is 25.5. The number of nitro benzene ring substituents is 1. The summed E-state index contributed by atoms with van der Waals surface area (Å²) in [5.41, 5.74) is 3.47. The van der Waals surface area contributed by atoms with Gasteiger partial charge in [0.05, 0.1) is 10.6 Å². The van der Waals surface area contributed by atoms with Crippen LogP contribution in [0.1, 0.15) is 21.5 Å². The molecule has 1 aromatic heterocycles. The molecule has 0 aliphatic heterocycles. The van der Waals surface area contributed by atoms with E-state index in [0.717, 1.165) is 16.3 Å². The summed E-state index contributed by atoms with van der Waals surface area (Å²) in [6.07, 6.45) is 0.191. The van der Waals surface area contributed by atoms with Gasteiger partial charge in [-0.2, -0.15) is 0 Å². The number of hydrogen-bond donors (Lipinski definition) is 2. The van der Waals surface area contributed by atoms with E-state index in [1.807, 2.05) is 59.8 Å². The molecule has 0 bridgehead atoms. The number of anilines is 1. The van der Waals surface area contributed by atoms with Crippen LogP contribution in [0.4, 0.5) is 10.8 Å². The minimum Gasteiger partial charge on any atom is -0.480 e. The van der Waals surface area contributed by atoms with Gasteiger partial charge in [0.15, 0.2) is 5.13 Å². The van der Waals surface area contributed by atoms with Gasteiger partial charge in [0.1, 0.15) is 6.04 Å². The molecule has 0 aliphatic rings. The Balaban J connectivity index is 1.38. The van der Waals surface area contributed by atoms with Crippen LogP contribution < -0.4 is 10.2 Å². The molecule has 2 N–H and O–H groups in total. The summed E-state index contributed by atoms with van der Waals surface area (Å²) < 4.78 is 0. The molecule has 4 aromatic rings. The minimum atomic E-state index is -1.09. The van der Waals surface area contributed by atoms with Crippen LogP contribution in [0.3, 0.4) is 0 Å². The second-order valence-corrected chi connectivity index (χ2v) is 9.27. The van der Waals surface area contributed by atoms with Gasteiger partial charge in [0, 0.05) is 48.7 Å². The molecule has 9 nitrogen and oxygen atoms in total. The number of nitrogens with zero attached hydrogens (tertiary/aromatic N) is 3. The number of benzene rings is 3. The third-order valence-electron chi connectivity index (χ3n) is 5.69. The molecular weight excluding hydrogens is 492 g/mol. The van der Waals surface area contributed by atoms with Crippen molar-refractivity contribution in [3.8, 4) is 11.3 Å². The van der Waals surface area contributed by atoms with E-state index in [4.69, 9.17) is 0 Å². The maximum Gasteiger partial charge on any atom is 0.326 e. The van der Waals surface area contributed by atoms with Gasteiger partial charge in [-0.25, -0.2) is 9.78 Å². The van der Waals surface area contributed by atoms with E-state index < -0.39 is 22.8 Å². The predicted octanol–water partition coefficient (Wildman–Crippen LogP) is 4.78. The highest BCUT2D eigenvalue weighted by Gasteiger charge is 2.21. The molecule has 188 valence electrons. The molecule has 4 rings (SSSR count). The topological polar surface area (TPSA) is 126 Å². The van der Waals surface area contributed by atoms with Gasteiger partial charge in [-0.15, -0.1) is 11.3 Å². The number of aliphatic carboxylic acids is 1. The van der Waals surface area contributed by atoms with Crippen molar-refractivity contribution in [3.63, 3.8) is 0 Å². The third-order valence-corrected chi connectivity index (χ3v) is 6.65. The average molecular weight is 517 g/mol. The number of amides is 1. The van der Waals surface area contributed by atoms with E-state index in [1.165, 1.54) is 23.5 Å². The Bertz CT molecular complexity index is 1410. The van der Waals surface area contributed by atoms with E-state index in [9.17, 15) is 24.8 Å². The normalized spacial score (nSPS) is 11.5. The lowest BCUT2D eigenvalue weighted by Crippen LogP contribution is -2.42. The molecule has 37 heavy (non-hydrogen) atoms. The number of aromatic nitrogens is 1. The first-order chi connectivity index (χ1) is 17.8. The first-order valence-electron chi connectivity index (χ1n) is 11.4. The summed E-state index contributed by atoms with van der Waals surface area (Å²) in [6.45, 7) is 0.523. The molecule has 0 saturated carbocycles. The van der Waals surface area contributed by atoms with Gasteiger partial charge in [-0.05, 0) is 23.3 Å². The Morgan fingerprint density at radius 3 is 2.46 bits per heavy atom. The van der Waals surface area contributed by atoms with Gasteiger partial charge >= 0.3 is 5.97 Å². The highest BCUT2D eigenvalue weighted by Crippen LogP contribution is 2.29. The number of carboxylic acid groups (broad SMARTS) is 1. The molecule has 0 saturated heterocycles. The van der Waals surface area contributed by atoms with Gasteiger partial charge in [-0.3, -0.25) is 14.9 Å². The van der Waals surface area contributed by atoms with Crippen LogP contribution >= 0.6 is 11.3 Å². The van der Waals surface area contributed by atoms with Crippen LogP contribution in [0.5, 0.6) is 0 Å². The smallest absolute Gasteiger partial charge is 0.326 e. The second kappa shape index (κ2) is 11.4. The van der Waals surface area contributed by atoms with Crippen LogP contribution in [0, 0.1) is 10.1 Å². The molecule has 1 atom stereocenters. The van der Waals surface area contributed by atoms with Crippen LogP contribution in [-0.4, -0.2) is 40.0 Å². The summed E-state index contributed by atoms with van der Waals surface area (Å²) in [7, 11) is 1.89. The van der Waals surface area contributed by atoms with E-state index in [0.29, 0.717) is 23.4 Å². The number of rotatable bonds is 10. The number of carboxylic acids is 1. The number of hydrogen-bond acceptors (Lipinski definition) is 7. The summed E-state index contributed by atoms with van der Waals surface area (Å²) in [5, 5.41) is 25.8. The van der Waals surface area contributed by atoms with Crippen molar-refractivity contribution in [2.45, 2.75) is 19.0 Å². The second-order valence-electron chi connectivity index (χ2n) is 8.43. The lowest BCUT2D eigenvalue weighted by molar-refractivity contribution is -0.384. The van der Waals surface area contributed by atoms with Gasteiger partial charge in [0.2, 0.25) is 0 Å². The largest absolute Gasteiger partial charge is 0.480 e. The molecule has 0 spiro atoms. The predicted molar refractivity (Wildman–Crippen MR) is 142 cm³/mol. The molecule has 0 fully saturated rings. The standard InChI is InChI=1S/C27H24N4O5S/c1-30(27-29-24(17-37-27)21-8-5-9-22(15-21)31(35)36)16-19-10-12-20(13-11-19)25(32)28-23(26(33)34)14-18-6-3-2-4-7-18/h2-13,15,17,23H,14,16H2,1H3,(H,28,32)(H,33,34). The van der Waals surface area contributed by atoms with Crippen LogP contribution in [-0.2, 0) is 17.8 Å².